The van der Waals surface area contributed by atoms with Gasteiger partial charge in [0.2, 0.25) is 0 Å². The highest BCUT2D eigenvalue weighted by atomic mass is 79.9. The second kappa shape index (κ2) is 5.80. The molecule has 5 heteroatoms. The zero-order chi connectivity index (χ0) is 13.9. The Morgan fingerprint density at radius 1 is 1.11 bits per heavy atom. The van der Waals surface area contributed by atoms with Crippen LogP contribution in [0.25, 0.3) is 0 Å². The summed E-state index contributed by atoms with van der Waals surface area (Å²) in [7, 11) is 4.84. The minimum absolute atomic E-state index is 0.369. The third-order valence-electron chi connectivity index (χ3n) is 2.51. The van der Waals surface area contributed by atoms with Gasteiger partial charge < -0.3 is 19.9 Å². The highest BCUT2D eigenvalue weighted by molar-refractivity contribution is 9.10. The van der Waals surface area contributed by atoms with Crippen molar-refractivity contribution < 1.29 is 14.2 Å². The standard InChI is InChI=1S/C13H20BrNO3/c1-13(2,15)7-8-11(17-4)9(14)6-10(16-3)12(8)18-5/h6H,7,15H2,1-5H3. The molecule has 0 aliphatic carbocycles. The molecule has 0 fully saturated rings. The number of ether oxygens (including phenoxy) is 3. The quantitative estimate of drug-likeness (QED) is 0.907. The summed E-state index contributed by atoms with van der Waals surface area (Å²) in [5.41, 5.74) is 6.62. The smallest absolute Gasteiger partial charge is 0.167 e. The molecule has 0 aromatic heterocycles. The Kier molecular flexibility index (Phi) is 4.87. The van der Waals surface area contributed by atoms with E-state index < -0.39 is 0 Å². The van der Waals surface area contributed by atoms with Crippen molar-refractivity contribution >= 4 is 15.9 Å². The van der Waals surface area contributed by atoms with Crippen LogP contribution in [0.5, 0.6) is 17.2 Å². The SMILES string of the molecule is COc1cc(Br)c(OC)c(CC(C)(C)N)c1OC. The molecule has 0 radical (unpaired) electrons. The van der Waals surface area contributed by atoms with E-state index in [1.54, 1.807) is 21.3 Å². The van der Waals surface area contributed by atoms with Gasteiger partial charge in [0.1, 0.15) is 5.75 Å². The summed E-state index contributed by atoms with van der Waals surface area (Å²) in [6, 6.07) is 1.82. The second-order valence-corrected chi connectivity index (χ2v) is 5.63. The molecule has 0 aliphatic heterocycles. The maximum atomic E-state index is 6.09. The minimum atomic E-state index is -0.369. The number of hydrogen-bond acceptors (Lipinski definition) is 4. The van der Waals surface area contributed by atoms with E-state index in [-0.39, 0.29) is 5.54 Å². The summed E-state index contributed by atoms with van der Waals surface area (Å²) in [4.78, 5) is 0. The molecule has 0 bridgehead atoms. The Bertz CT molecular complexity index is 427. The Morgan fingerprint density at radius 2 is 1.67 bits per heavy atom. The van der Waals surface area contributed by atoms with Crippen LogP contribution in [0.1, 0.15) is 19.4 Å². The van der Waals surface area contributed by atoms with E-state index in [0.717, 1.165) is 15.8 Å². The average Bonchev–Trinajstić information content (AvgIpc) is 2.26. The monoisotopic (exact) mass is 317 g/mol. The van der Waals surface area contributed by atoms with Crippen LogP contribution in [-0.4, -0.2) is 26.9 Å². The van der Waals surface area contributed by atoms with Gasteiger partial charge in [-0.25, -0.2) is 0 Å². The maximum Gasteiger partial charge on any atom is 0.167 e. The largest absolute Gasteiger partial charge is 0.495 e. The maximum absolute atomic E-state index is 6.09. The molecule has 0 amide bonds. The van der Waals surface area contributed by atoms with Crippen LogP contribution < -0.4 is 19.9 Å². The lowest BCUT2D eigenvalue weighted by molar-refractivity contribution is 0.338. The molecule has 1 aromatic carbocycles. The number of rotatable bonds is 5. The predicted molar refractivity (Wildman–Crippen MR) is 75.8 cm³/mol. The van der Waals surface area contributed by atoms with Gasteiger partial charge in [-0.3, -0.25) is 0 Å². The summed E-state index contributed by atoms with van der Waals surface area (Å²) in [5, 5.41) is 0. The summed E-state index contributed by atoms with van der Waals surface area (Å²) in [6.07, 6.45) is 0.620. The van der Waals surface area contributed by atoms with Crippen LogP contribution in [-0.2, 0) is 6.42 Å². The molecular formula is C13H20BrNO3. The van der Waals surface area contributed by atoms with Gasteiger partial charge in [-0.05, 0) is 36.2 Å². The average molecular weight is 318 g/mol. The van der Waals surface area contributed by atoms with Crippen LogP contribution in [0.4, 0.5) is 0 Å². The second-order valence-electron chi connectivity index (χ2n) is 4.77. The van der Waals surface area contributed by atoms with Gasteiger partial charge in [0.25, 0.3) is 0 Å². The fraction of sp³-hybridized carbons (Fsp3) is 0.538. The van der Waals surface area contributed by atoms with E-state index in [9.17, 15) is 0 Å². The molecule has 0 unspecified atom stereocenters. The third kappa shape index (κ3) is 3.29. The van der Waals surface area contributed by atoms with E-state index in [0.29, 0.717) is 17.9 Å². The van der Waals surface area contributed by atoms with E-state index in [4.69, 9.17) is 19.9 Å². The molecule has 0 saturated heterocycles. The van der Waals surface area contributed by atoms with Crippen molar-refractivity contribution in [2.45, 2.75) is 25.8 Å². The molecule has 2 N–H and O–H groups in total. The fourth-order valence-electron chi connectivity index (χ4n) is 1.85. The molecule has 0 aliphatic rings. The number of methoxy groups -OCH3 is 3. The van der Waals surface area contributed by atoms with Gasteiger partial charge in [-0.15, -0.1) is 0 Å². The molecule has 0 atom stereocenters. The topological polar surface area (TPSA) is 53.7 Å². The summed E-state index contributed by atoms with van der Waals surface area (Å²) in [6.45, 7) is 3.92. The Hall–Kier alpha value is -0.940. The molecular weight excluding hydrogens is 298 g/mol. The summed E-state index contributed by atoms with van der Waals surface area (Å²) >= 11 is 3.47. The summed E-state index contributed by atoms with van der Waals surface area (Å²) < 4.78 is 17.0. The lowest BCUT2D eigenvalue weighted by atomic mass is 9.94. The minimum Gasteiger partial charge on any atom is -0.495 e. The number of hydrogen-bond donors (Lipinski definition) is 1. The van der Waals surface area contributed by atoms with Crippen molar-refractivity contribution in [2.75, 3.05) is 21.3 Å². The van der Waals surface area contributed by atoms with Gasteiger partial charge in [0.05, 0.1) is 25.8 Å². The summed E-state index contributed by atoms with van der Waals surface area (Å²) in [5.74, 6) is 2.05. The van der Waals surface area contributed by atoms with Crippen molar-refractivity contribution in [1.82, 2.24) is 0 Å². The van der Waals surface area contributed by atoms with E-state index in [1.807, 2.05) is 19.9 Å². The van der Waals surface area contributed by atoms with E-state index in [2.05, 4.69) is 15.9 Å². The van der Waals surface area contributed by atoms with Crippen LogP contribution in [0.15, 0.2) is 10.5 Å². The van der Waals surface area contributed by atoms with Crippen molar-refractivity contribution in [2.24, 2.45) is 5.73 Å². The Labute approximate surface area is 117 Å². The van der Waals surface area contributed by atoms with Crippen LogP contribution in [0.2, 0.25) is 0 Å². The molecule has 1 rings (SSSR count). The van der Waals surface area contributed by atoms with Crippen molar-refractivity contribution in [3.63, 3.8) is 0 Å². The first-order chi connectivity index (χ1) is 8.34. The van der Waals surface area contributed by atoms with Crippen molar-refractivity contribution in [3.8, 4) is 17.2 Å². The van der Waals surface area contributed by atoms with Gasteiger partial charge in [0.15, 0.2) is 11.5 Å². The first kappa shape index (κ1) is 15.1. The van der Waals surface area contributed by atoms with Crippen LogP contribution in [0.3, 0.4) is 0 Å². The van der Waals surface area contributed by atoms with Crippen LogP contribution in [0, 0.1) is 0 Å². The number of halogens is 1. The molecule has 4 nitrogen and oxygen atoms in total. The normalized spacial score (nSPS) is 11.3. The Balaban J connectivity index is 3.45. The van der Waals surface area contributed by atoms with E-state index in [1.165, 1.54) is 0 Å². The first-order valence-electron chi connectivity index (χ1n) is 5.60. The highest BCUT2D eigenvalue weighted by Crippen LogP contribution is 2.43. The van der Waals surface area contributed by atoms with Gasteiger partial charge in [-0.2, -0.15) is 0 Å². The molecule has 0 heterocycles. The molecule has 1 aromatic rings. The van der Waals surface area contributed by atoms with Gasteiger partial charge >= 0.3 is 0 Å². The molecule has 0 saturated carbocycles. The molecule has 0 spiro atoms. The molecule has 102 valence electrons. The van der Waals surface area contributed by atoms with Gasteiger partial charge in [0, 0.05) is 17.2 Å². The highest BCUT2D eigenvalue weighted by Gasteiger charge is 2.24. The lowest BCUT2D eigenvalue weighted by Gasteiger charge is -2.23. The van der Waals surface area contributed by atoms with Crippen molar-refractivity contribution in [1.29, 1.82) is 0 Å². The fourth-order valence-corrected chi connectivity index (χ4v) is 2.46. The molecule has 18 heavy (non-hydrogen) atoms. The van der Waals surface area contributed by atoms with Gasteiger partial charge in [-0.1, -0.05) is 0 Å². The zero-order valence-electron chi connectivity index (χ0n) is 11.5. The van der Waals surface area contributed by atoms with Crippen LogP contribution >= 0.6 is 15.9 Å². The number of benzene rings is 1. The Morgan fingerprint density at radius 3 is 2.06 bits per heavy atom. The zero-order valence-corrected chi connectivity index (χ0v) is 13.1. The lowest BCUT2D eigenvalue weighted by Crippen LogP contribution is -2.34. The van der Waals surface area contributed by atoms with E-state index >= 15 is 0 Å². The first-order valence-corrected chi connectivity index (χ1v) is 6.39. The number of nitrogens with two attached hydrogens (primary N) is 1. The third-order valence-corrected chi connectivity index (χ3v) is 3.10. The predicted octanol–water partition coefficient (Wildman–Crippen LogP) is 2.75. The van der Waals surface area contributed by atoms with Crippen molar-refractivity contribution in [3.05, 3.63) is 16.1 Å².